The van der Waals surface area contributed by atoms with Gasteiger partial charge in [-0.05, 0) is 65.3 Å². The van der Waals surface area contributed by atoms with E-state index in [1.165, 1.54) is 27.9 Å². The molecule has 5 rings (SSSR count). The van der Waals surface area contributed by atoms with Crippen LogP contribution in [0.4, 0.5) is 5.69 Å². The van der Waals surface area contributed by atoms with Gasteiger partial charge in [0.1, 0.15) is 5.75 Å². The molecule has 0 unspecified atom stereocenters. The van der Waals surface area contributed by atoms with E-state index in [1.54, 1.807) is 0 Å². The van der Waals surface area contributed by atoms with Crippen LogP contribution in [0.15, 0.2) is 72.8 Å². The first-order chi connectivity index (χ1) is 14.7. The first kappa shape index (κ1) is 19.2. The summed E-state index contributed by atoms with van der Waals surface area (Å²) in [7, 11) is 0. The Morgan fingerprint density at radius 3 is 2.27 bits per heavy atom. The van der Waals surface area contributed by atoms with Crippen molar-refractivity contribution >= 4 is 5.69 Å². The second kappa shape index (κ2) is 8.13. The van der Waals surface area contributed by atoms with Crippen LogP contribution >= 0.6 is 0 Å². The molecule has 3 aromatic rings. The predicted molar refractivity (Wildman–Crippen MR) is 122 cm³/mol. The molecule has 4 heteroatoms. The van der Waals surface area contributed by atoms with Crippen molar-refractivity contribution in [3.05, 3.63) is 95.1 Å². The fourth-order valence-corrected chi connectivity index (χ4v) is 5.15. The van der Waals surface area contributed by atoms with Gasteiger partial charge in [-0.3, -0.25) is 5.84 Å². The highest BCUT2D eigenvalue weighted by molar-refractivity contribution is 5.52. The number of phenolic OH excluding ortho intramolecular Hbond substituents is 1. The smallest absolute Gasteiger partial charge is 0.115 e. The monoisotopic (exact) mass is 399 g/mol. The Balaban J connectivity index is 1.50. The molecule has 1 fully saturated rings. The highest BCUT2D eigenvalue weighted by Gasteiger charge is 2.32. The zero-order chi connectivity index (χ0) is 20.5. The van der Waals surface area contributed by atoms with Gasteiger partial charge in [-0.25, -0.2) is 5.01 Å². The maximum atomic E-state index is 10.0. The minimum Gasteiger partial charge on any atom is -0.508 e. The molecule has 0 amide bonds. The van der Waals surface area contributed by atoms with Gasteiger partial charge in [0.25, 0.3) is 0 Å². The van der Waals surface area contributed by atoms with E-state index in [0.29, 0.717) is 17.6 Å². The van der Waals surface area contributed by atoms with Crippen molar-refractivity contribution < 1.29 is 5.11 Å². The summed E-state index contributed by atoms with van der Waals surface area (Å²) in [5.74, 6) is 7.01. The average molecular weight is 400 g/mol. The zero-order valence-corrected chi connectivity index (χ0v) is 17.2. The maximum Gasteiger partial charge on any atom is 0.115 e. The summed E-state index contributed by atoms with van der Waals surface area (Å²) >= 11 is 0. The largest absolute Gasteiger partial charge is 0.508 e. The van der Waals surface area contributed by atoms with Crippen LogP contribution in [0.25, 0.3) is 0 Å². The number of nitrogens with two attached hydrogens (primary N) is 1. The molecule has 1 aliphatic carbocycles. The summed E-state index contributed by atoms with van der Waals surface area (Å²) in [6, 6.07) is 25.9. The Hall–Kier alpha value is -2.82. The first-order valence-electron chi connectivity index (χ1n) is 10.9. The molecular weight excluding hydrogens is 370 g/mol. The third-order valence-electron chi connectivity index (χ3n) is 6.75. The normalized spacial score (nSPS) is 22.0. The molecule has 2 aliphatic rings. The Bertz CT molecular complexity index is 995. The zero-order valence-electron chi connectivity index (χ0n) is 17.2. The molecule has 3 N–H and O–H groups in total. The van der Waals surface area contributed by atoms with Gasteiger partial charge in [-0.1, -0.05) is 48.5 Å². The van der Waals surface area contributed by atoms with E-state index in [4.69, 9.17) is 5.84 Å². The van der Waals surface area contributed by atoms with Gasteiger partial charge >= 0.3 is 0 Å². The number of aromatic hydroxyl groups is 1. The summed E-state index contributed by atoms with van der Waals surface area (Å²) < 4.78 is 0. The Kier molecular flexibility index (Phi) is 5.19. The number of hydrogen-bond acceptors (Lipinski definition) is 4. The van der Waals surface area contributed by atoms with E-state index in [1.807, 2.05) is 17.1 Å². The van der Waals surface area contributed by atoms with Gasteiger partial charge in [-0.2, -0.15) is 0 Å². The highest BCUT2D eigenvalue weighted by atomic mass is 16.3. The lowest BCUT2D eigenvalue weighted by Crippen LogP contribution is -2.49. The number of fused-ring (bicyclic) bond motifs is 1. The third-order valence-corrected chi connectivity index (χ3v) is 6.75. The van der Waals surface area contributed by atoms with Crippen LogP contribution in [0.2, 0.25) is 0 Å². The topological polar surface area (TPSA) is 52.7 Å². The van der Waals surface area contributed by atoms with Crippen molar-refractivity contribution in [1.29, 1.82) is 0 Å². The molecule has 0 bridgehead atoms. The van der Waals surface area contributed by atoms with Crippen molar-refractivity contribution in [3.8, 4) is 5.75 Å². The number of piperazine rings is 1. The SMILES string of the molecule is NN1CCN(c2ccc([C@@H]3c4ccc(O)cc4CC[C@@H]3c3ccccc3)cc2)CC1. The van der Waals surface area contributed by atoms with Crippen molar-refractivity contribution in [2.75, 3.05) is 31.1 Å². The van der Waals surface area contributed by atoms with E-state index in [2.05, 4.69) is 65.6 Å². The second-order valence-electron chi connectivity index (χ2n) is 8.53. The van der Waals surface area contributed by atoms with E-state index >= 15 is 0 Å². The summed E-state index contributed by atoms with van der Waals surface area (Å²) in [4.78, 5) is 2.41. The van der Waals surface area contributed by atoms with Crippen LogP contribution < -0.4 is 10.7 Å². The molecule has 30 heavy (non-hydrogen) atoms. The first-order valence-corrected chi connectivity index (χ1v) is 10.9. The Morgan fingerprint density at radius 1 is 0.800 bits per heavy atom. The number of nitrogens with zero attached hydrogens (tertiary/aromatic N) is 2. The number of benzene rings is 3. The molecule has 4 nitrogen and oxygen atoms in total. The van der Waals surface area contributed by atoms with Crippen molar-refractivity contribution in [2.45, 2.75) is 24.7 Å². The number of rotatable bonds is 3. The summed E-state index contributed by atoms with van der Waals surface area (Å²) in [6.07, 6.45) is 2.09. The van der Waals surface area contributed by atoms with Crippen LogP contribution in [0.5, 0.6) is 5.75 Å². The van der Waals surface area contributed by atoms with E-state index in [-0.39, 0.29) is 0 Å². The summed E-state index contributed by atoms with van der Waals surface area (Å²) in [5.41, 5.74) is 6.62. The molecule has 154 valence electrons. The predicted octanol–water partition coefficient (Wildman–Crippen LogP) is 4.25. The van der Waals surface area contributed by atoms with Crippen LogP contribution in [0.3, 0.4) is 0 Å². The van der Waals surface area contributed by atoms with Crippen LogP contribution in [-0.2, 0) is 6.42 Å². The van der Waals surface area contributed by atoms with Crippen LogP contribution in [0.1, 0.15) is 40.5 Å². The van der Waals surface area contributed by atoms with Crippen LogP contribution in [0, 0.1) is 0 Å². The van der Waals surface area contributed by atoms with Crippen molar-refractivity contribution in [3.63, 3.8) is 0 Å². The van der Waals surface area contributed by atoms with E-state index < -0.39 is 0 Å². The average Bonchev–Trinajstić information content (AvgIpc) is 2.79. The van der Waals surface area contributed by atoms with E-state index in [0.717, 1.165) is 39.0 Å². The molecule has 1 heterocycles. The summed E-state index contributed by atoms with van der Waals surface area (Å²) in [6.45, 7) is 3.73. The number of phenols is 1. The van der Waals surface area contributed by atoms with Crippen LogP contribution in [-0.4, -0.2) is 36.3 Å². The number of hydrogen-bond donors (Lipinski definition) is 2. The lowest BCUT2D eigenvalue weighted by Gasteiger charge is -2.36. The standard InChI is InChI=1S/C26H29N3O/c27-29-16-14-28(15-17-29)22-9-6-20(7-10-22)26-24(19-4-2-1-3-5-19)12-8-21-18-23(30)11-13-25(21)26/h1-7,9-11,13,18,24,26,30H,8,12,14-17,27H2/t24-,26+/m1/s1. The molecule has 3 aromatic carbocycles. The third kappa shape index (κ3) is 3.69. The molecule has 0 aromatic heterocycles. The number of aryl methyl sites for hydroxylation is 1. The fourth-order valence-electron chi connectivity index (χ4n) is 5.15. The minimum atomic E-state index is 0.298. The lowest BCUT2D eigenvalue weighted by molar-refractivity contribution is 0.266. The van der Waals surface area contributed by atoms with E-state index in [9.17, 15) is 5.11 Å². The number of hydrazine groups is 1. The fraction of sp³-hybridized carbons (Fsp3) is 0.308. The molecule has 0 saturated carbocycles. The molecule has 1 aliphatic heterocycles. The quantitative estimate of drug-likeness (QED) is 0.647. The summed E-state index contributed by atoms with van der Waals surface area (Å²) in [5, 5.41) is 11.9. The van der Waals surface area contributed by atoms with Crippen molar-refractivity contribution in [2.24, 2.45) is 5.84 Å². The van der Waals surface area contributed by atoms with Gasteiger partial charge in [0, 0.05) is 37.8 Å². The lowest BCUT2D eigenvalue weighted by atomic mass is 9.69. The van der Waals surface area contributed by atoms with Gasteiger partial charge in [0.05, 0.1) is 0 Å². The second-order valence-corrected chi connectivity index (χ2v) is 8.53. The molecular formula is C26H29N3O. The Morgan fingerprint density at radius 2 is 1.53 bits per heavy atom. The highest BCUT2D eigenvalue weighted by Crippen LogP contribution is 2.47. The Labute approximate surface area is 178 Å². The van der Waals surface area contributed by atoms with Gasteiger partial charge in [0.15, 0.2) is 0 Å². The van der Waals surface area contributed by atoms with Gasteiger partial charge < -0.3 is 10.0 Å². The molecule has 1 saturated heterocycles. The van der Waals surface area contributed by atoms with Gasteiger partial charge in [-0.15, -0.1) is 0 Å². The minimum absolute atomic E-state index is 0.298. The van der Waals surface area contributed by atoms with Crippen molar-refractivity contribution in [1.82, 2.24) is 5.01 Å². The van der Waals surface area contributed by atoms with Gasteiger partial charge in [0.2, 0.25) is 0 Å². The molecule has 0 spiro atoms. The number of anilines is 1. The molecule has 2 atom stereocenters. The molecule has 0 radical (unpaired) electrons. The maximum absolute atomic E-state index is 10.0.